The van der Waals surface area contributed by atoms with Crippen molar-refractivity contribution in [3.8, 4) is 0 Å². The zero-order valence-electron chi connectivity index (χ0n) is 20.6. The summed E-state index contributed by atoms with van der Waals surface area (Å²) in [5.74, 6) is 0.123. The molecule has 3 aromatic rings. The van der Waals surface area contributed by atoms with Crippen LogP contribution in [-0.2, 0) is 11.3 Å². The number of halogens is 3. The molecule has 2 aliphatic rings. The smallest absolute Gasteiger partial charge is 0.255 e. The summed E-state index contributed by atoms with van der Waals surface area (Å²) < 4.78 is 14.8. The van der Waals surface area contributed by atoms with Gasteiger partial charge in [-0.15, -0.1) is 24.8 Å². The molecule has 2 heterocycles. The van der Waals surface area contributed by atoms with Crippen LogP contribution in [0.5, 0.6) is 0 Å². The maximum atomic E-state index is 13.1. The first kappa shape index (κ1) is 28.6. The third kappa shape index (κ3) is 7.31. The molecular formula is C27H32Cl2FN5O2. The van der Waals surface area contributed by atoms with Crippen LogP contribution in [0, 0.1) is 5.82 Å². The minimum absolute atomic E-state index is 0. The Hall–Kier alpha value is -2.94. The molecule has 1 aromatic heterocycles. The summed E-state index contributed by atoms with van der Waals surface area (Å²) in [4.78, 5) is 26.3. The number of amides is 2. The quantitative estimate of drug-likeness (QED) is 0.452. The highest BCUT2D eigenvalue weighted by atomic mass is 35.5. The molecule has 1 saturated carbocycles. The van der Waals surface area contributed by atoms with Crippen LogP contribution in [0.2, 0.25) is 0 Å². The van der Waals surface area contributed by atoms with Crippen LogP contribution >= 0.6 is 24.8 Å². The number of nitrogens with one attached hydrogen (secondary N) is 2. The topological polar surface area (TPSA) is 79.3 Å². The van der Waals surface area contributed by atoms with Crippen molar-refractivity contribution in [3.63, 3.8) is 0 Å². The van der Waals surface area contributed by atoms with E-state index in [0.29, 0.717) is 35.8 Å². The zero-order chi connectivity index (χ0) is 24.4. The molecule has 2 aromatic carbocycles. The number of rotatable bonds is 7. The van der Waals surface area contributed by atoms with Crippen LogP contribution in [-0.4, -0.2) is 51.7 Å². The lowest BCUT2D eigenvalue weighted by Gasteiger charge is -2.32. The van der Waals surface area contributed by atoms with Gasteiger partial charge in [0.25, 0.3) is 5.91 Å². The van der Waals surface area contributed by atoms with Gasteiger partial charge in [0.05, 0.1) is 18.4 Å². The van der Waals surface area contributed by atoms with Crippen molar-refractivity contribution < 1.29 is 14.0 Å². The van der Waals surface area contributed by atoms with E-state index in [1.807, 2.05) is 23.1 Å². The average Bonchev–Trinajstić information content (AvgIpc) is 3.49. The summed E-state index contributed by atoms with van der Waals surface area (Å²) in [7, 11) is 0. The zero-order valence-corrected chi connectivity index (χ0v) is 22.2. The number of hydrogen-bond donors (Lipinski definition) is 2. The molecule has 37 heavy (non-hydrogen) atoms. The minimum Gasteiger partial charge on any atom is -0.343 e. The number of piperidine rings is 1. The second-order valence-electron chi connectivity index (χ2n) is 9.53. The molecule has 2 amide bonds. The van der Waals surface area contributed by atoms with E-state index in [9.17, 15) is 14.0 Å². The Balaban J connectivity index is 0.00000190. The van der Waals surface area contributed by atoms with Gasteiger partial charge in [-0.05, 0) is 54.7 Å². The molecule has 7 nitrogen and oxygen atoms in total. The Morgan fingerprint density at radius 3 is 2.51 bits per heavy atom. The van der Waals surface area contributed by atoms with Crippen molar-refractivity contribution in [3.05, 3.63) is 83.4 Å². The van der Waals surface area contributed by atoms with Crippen LogP contribution in [0.15, 0.2) is 60.9 Å². The highest BCUT2D eigenvalue weighted by Gasteiger charge is 2.40. The van der Waals surface area contributed by atoms with Crippen molar-refractivity contribution in [1.29, 1.82) is 0 Å². The molecular weight excluding hydrogens is 516 g/mol. The Kier molecular flexibility index (Phi) is 9.70. The van der Waals surface area contributed by atoms with Crippen molar-refractivity contribution in [2.75, 3.05) is 18.4 Å². The molecule has 0 radical (unpaired) electrons. The third-order valence-electron chi connectivity index (χ3n) is 6.91. The van der Waals surface area contributed by atoms with Crippen LogP contribution in [0.1, 0.15) is 53.6 Å². The number of anilines is 1. The van der Waals surface area contributed by atoms with Gasteiger partial charge in [0.15, 0.2) is 0 Å². The fourth-order valence-corrected chi connectivity index (χ4v) is 4.82. The van der Waals surface area contributed by atoms with Crippen molar-refractivity contribution in [2.24, 2.45) is 0 Å². The number of benzene rings is 2. The largest absolute Gasteiger partial charge is 0.343 e. The van der Waals surface area contributed by atoms with Gasteiger partial charge >= 0.3 is 0 Å². The summed E-state index contributed by atoms with van der Waals surface area (Å²) in [5.41, 5.74) is 3.33. The average molecular weight is 548 g/mol. The Bertz CT molecular complexity index is 1210. The summed E-state index contributed by atoms with van der Waals surface area (Å²) >= 11 is 0. The molecule has 5 rings (SSSR count). The SMILES string of the molecule is CC(=O)N1CCC(N[C@@H]2C[C@H]2c2cccc(C(=O)Nc3cnn(Cc4ccc(F)cc4)c3)c2)CC1.Cl.Cl. The molecule has 0 bridgehead atoms. The van der Waals surface area contributed by atoms with Gasteiger partial charge in [-0.3, -0.25) is 14.3 Å². The predicted molar refractivity (Wildman–Crippen MR) is 146 cm³/mol. The number of likely N-dealkylation sites (tertiary alicyclic amines) is 1. The lowest BCUT2D eigenvalue weighted by atomic mass is 10.0. The number of nitrogens with zero attached hydrogens (tertiary/aromatic N) is 3. The van der Waals surface area contributed by atoms with Gasteiger partial charge in [-0.1, -0.05) is 24.3 Å². The first-order chi connectivity index (χ1) is 16.9. The molecule has 1 saturated heterocycles. The molecule has 2 N–H and O–H groups in total. The Morgan fingerprint density at radius 2 is 1.81 bits per heavy atom. The van der Waals surface area contributed by atoms with E-state index in [0.717, 1.165) is 37.9 Å². The van der Waals surface area contributed by atoms with E-state index >= 15 is 0 Å². The van der Waals surface area contributed by atoms with Gasteiger partial charge < -0.3 is 15.5 Å². The number of aromatic nitrogens is 2. The van der Waals surface area contributed by atoms with Crippen LogP contribution in [0.3, 0.4) is 0 Å². The summed E-state index contributed by atoms with van der Waals surface area (Å²) in [6.45, 7) is 3.77. The van der Waals surface area contributed by atoms with Crippen molar-refractivity contribution in [1.82, 2.24) is 20.0 Å². The fraction of sp³-hybridized carbons (Fsp3) is 0.370. The van der Waals surface area contributed by atoms with Crippen LogP contribution in [0.4, 0.5) is 10.1 Å². The minimum atomic E-state index is -0.271. The van der Waals surface area contributed by atoms with E-state index in [1.54, 1.807) is 36.1 Å². The molecule has 1 aliphatic carbocycles. The predicted octanol–water partition coefficient (Wildman–Crippen LogP) is 4.62. The molecule has 10 heteroatoms. The second kappa shape index (κ2) is 12.5. The van der Waals surface area contributed by atoms with Gasteiger partial charge in [0.2, 0.25) is 5.91 Å². The van der Waals surface area contributed by atoms with E-state index < -0.39 is 0 Å². The highest BCUT2D eigenvalue weighted by Crippen LogP contribution is 2.41. The summed E-state index contributed by atoms with van der Waals surface area (Å²) in [6, 6.07) is 15.0. The first-order valence-electron chi connectivity index (χ1n) is 12.1. The monoisotopic (exact) mass is 547 g/mol. The number of hydrogen-bond acceptors (Lipinski definition) is 4. The van der Waals surface area contributed by atoms with E-state index in [1.165, 1.54) is 17.7 Å². The van der Waals surface area contributed by atoms with Gasteiger partial charge in [0.1, 0.15) is 5.82 Å². The molecule has 2 fully saturated rings. The van der Waals surface area contributed by atoms with Crippen molar-refractivity contribution >= 4 is 42.3 Å². The summed E-state index contributed by atoms with van der Waals surface area (Å²) in [5, 5.41) is 11.0. The van der Waals surface area contributed by atoms with Gasteiger partial charge in [-0.25, -0.2) is 4.39 Å². The van der Waals surface area contributed by atoms with Gasteiger partial charge in [-0.2, -0.15) is 5.10 Å². The third-order valence-corrected chi connectivity index (χ3v) is 6.91. The molecule has 0 unspecified atom stereocenters. The van der Waals surface area contributed by atoms with E-state index in [-0.39, 0.29) is 42.4 Å². The molecule has 0 spiro atoms. The molecule has 198 valence electrons. The van der Waals surface area contributed by atoms with Crippen LogP contribution < -0.4 is 10.6 Å². The Morgan fingerprint density at radius 1 is 1.08 bits per heavy atom. The highest BCUT2D eigenvalue weighted by molar-refractivity contribution is 6.04. The molecule has 1 aliphatic heterocycles. The number of carbonyl (C=O) groups is 2. The van der Waals surface area contributed by atoms with Crippen molar-refractivity contribution in [2.45, 2.75) is 50.7 Å². The summed E-state index contributed by atoms with van der Waals surface area (Å²) in [6.07, 6.45) is 6.42. The van der Waals surface area contributed by atoms with E-state index in [4.69, 9.17) is 0 Å². The molecule has 2 atom stereocenters. The normalized spacial score (nSPS) is 18.9. The van der Waals surface area contributed by atoms with E-state index in [2.05, 4.69) is 21.8 Å². The second-order valence-corrected chi connectivity index (χ2v) is 9.53. The number of carbonyl (C=O) groups excluding carboxylic acids is 2. The fourth-order valence-electron chi connectivity index (χ4n) is 4.82. The Labute approximate surface area is 228 Å². The maximum absolute atomic E-state index is 13.1. The maximum Gasteiger partial charge on any atom is 0.255 e. The van der Waals surface area contributed by atoms with Gasteiger partial charge in [0, 0.05) is 49.8 Å². The lowest BCUT2D eigenvalue weighted by molar-refractivity contribution is -0.129. The first-order valence-corrected chi connectivity index (χ1v) is 12.1. The lowest BCUT2D eigenvalue weighted by Crippen LogP contribution is -2.45. The van der Waals surface area contributed by atoms with Crippen LogP contribution in [0.25, 0.3) is 0 Å². The standard InChI is InChI=1S/C27H30FN5O2.2ClH/c1-18(34)32-11-9-23(10-12-32)30-26-14-25(26)20-3-2-4-21(13-20)27(35)31-24-15-29-33(17-24)16-19-5-7-22(28)8-6-19;;/h2-8,13,15,17,23,25-26,30H,9-12,14,16H2,1H3,(H,31,35);2*1H/t25-,26+;;/m0../s1.